The van der Waals surface area contributed by atoms with Crippen LogP contribution in [0.3, 0.4) is 0 Å². The number of hydrogen-bond donors (Lipinski definition) is 8. The molecule has 3 aliphatic rings. The number of nitrogens with zero attached hydrogens (tertiary/aromatic N) is 1. The number of rotatable bonds is 14. The summed E-state index contributed by atoms with van der Waals surface area (Å²) < 4.78 is 19.8. The lowest BCUT2D eigenvalue weighted by Crippen LogP contribution is -2.23. The van der Waals surface area contributed by atoms with Gasteiger partial charge >= 0.3 is 23.9 Å². The molecule has 16 bridgehead atoms. The van der Waals surface area contributed by atoms with E-state index in [9.17, 15) is 28.8 Å². The highest BCUT2D eigenvalue weighted by atomic mass is 16.5. The summed E-state index contributed by atoms with van der Waals surface area (Å²) in [7, 11) is 7.18. The molecular formula is C75H91N9O10. The predicted octanol–water partition coefficient (Wildman–Crippen LogP) is 6.16. The van der Waals surface area contributed by atoms with Crippen LogP contribution in [-0.2, 0) is 73.4 Å². The molecule has 11 heterocycles. The number of aromatic nitrogens is 8. The van der Waals surface area contributed by atoms with Crippen molar-refractivity contribution in [3.05, 3.63) is 178 Å². The van der Waals surface area contributed by atoms with Gasteiger partial charge in [0.1, 0.15) is 0 Å². The van der Waals surface area contributed by atoms with Crippen LogP contribution in [0.4, 0.5) is 0 Å². The number of esters is 4. The molecule has 0 aliphatic carbocycles. The number of amides is 2. The average Bonchev–Trinajstić information content (AvgIpc) is 1.63. The summed E-state index contributed by atoms with van der Waals surface area (Å²) in [5.41, 5.74) is 23.8. The molecule has 11 rings (SSSR count). The van der Waals surface area contributed by atoms with Gasteiger partial charge in [0.15, 0.2) is 0 Å². The molecule has 496 valence electrons. The Bertz CT molecular complexity index is 4800. The quantitative estimate of drug-likeness (QED) is 0.0349. The number of carbonyl (C=O) groups is 6. The molecule has 19 heteroatoms. The number of H-pyrrole nitrogens is 8. The molecule has 8 aromatic rings. The Hall–Kier alpha value is -9.78. The van der Waals surface area contributed by atoms with Crippen LogP contribution in [-0.4, -0.2) is 116 Å². The van der Waals surface area contributed by atoms with Crippen LogP contribution in [0.15, 0.2) is 12.1 Å². The lowest BCUT2D eigenvalue weighted by Gasteiger charge is -2.06. The molecule has 19 nitrogen and oxygen atoms in total. The van der Waals surface area contributed by atoms with Gasteiger partial charge in [-0.05, 0) is 232 Å². The summed E-state index contributed by atoms with van der Waals surface area (Å²) in [6.45, 7) is 25.9. The van der Waals surface area contributed by atoms with Gasteiger partial charge in [-0.1, -0.05) is 27.7 Å². The van der Waals surface area contributed by atoms with E-state index in [1.807, 2.05) is 0 Å². The standard InChI is InChI=1S/C38H48N4O4.C32H36N4O4.C5H7NO2/c1-19(2)37-23(7)29-15-27-21(5)25(11-13-35(43)45-9)31(39-27)18-32-26(12-14-36(44)46-10)22(6)28(40-32)16-33-38(20(3)4)24(8)30(42-33)17-34(37)41-29;1-17-11-22-14-27-19(3)23(7-9-31(37)39-5)29(35-27)16-30-24(8-10-32(38)40-6)20(4)28(36-30)15-26-18(2)12-21(34-26)13-25(17)33-22;1-6-4(7)2-3-5(6)8/h15-20,39-42H,11-14H2,1-10H3;11-16,33-36H,7-10H2,1-6H3;2-3H2,1H3. The Morgan fingerprint density at radius 3 is 1.23 bits per heavy atom. The summed E-state index contributed by atoms with van der Waals surface area (Å²) >= 11 is 0. The van der Waals surface area contributed by atoms with Crippen molar-refractivity contribution >= 4 is 84.3 Å². The number of hydrogen-bond acceptors (Lipinski definition) is 10. The minimum absolute atomic E-state index is 0.0602. The van der Waals surface area contributed by atoms with Gasteiger partial charge in [-0.3, -0.25) is 33.7 Å². The number of methoxy groups -OCH3 is 4. The van der Waals surface area contributed by atoms with E-state index in [0.29, 0.717) is 50.4 Å². The van der Waals surface area contributed by atoms with Crippen LogP contribution in [0.5, 0.6) is 0 Å². The summed E-state index contributed by atoms with van der Waals surface area (Å²) in [5.74, 6) is -0.473. The topological polar surface area (TPSA) is 269 Å². The van der Waals surface area contributed by atoms with Gasteiger partial charge in [0, 0.05) is 134 Å². The number of nitrogens with one attached hydrogen (secondary N) is 8. The molecule has 0 aromatic carbocycles. The molecular weight excluding hydrogens is 1190 g/mol. The SMILES string of the molecule is CN1C(=O)CCC1=O.COC(=O)CCc1c2[nH]c(c1C)C=c1[nH]c(c(C)c1C(C)C)=Cc1[nH]c(c(C)c1C(C)C)C=c1[nH]c(c(CCC(=O)OC)c1C)=C2.COC(=O)CCc1c2[nH]c(c1C)C=c1[nH]c(cc1C)=Cc1[nH]c(cc1C)C=c1[nH]c(c(CCC(=O)OC)c1C)=C2. The molecule has 2 amide bonds. The minimum atomic E-state index is -0.248. The third kappa shape index (κ3) is 14.8. The second-order valence-electron chi connectivity index (χ2n) is 25.5. The third-order valence-electron chi connectivity index (χ3n) is 18.7. The summed E-state index contributed by atoms with van der Waals surface area (Å²) in [4.78, 5) is 99.9. The lowest BCUT2D eigenvalue weighted by atomic mass is 9.97. The van der Waals surface area contributed by atoms with Crippen molar-refractivity contribution in [1.82, 2.24) is 44.8 Å². The second kappa shape index (κ2) is 29.0. The van der Waals surface area contributed by atoms with Gasteiger partial charge in [0.05, 0.1) is 28.4 Å². The summed E-state index contributed by atoms with van der Waals surface area (Å²) in [6, 6.07) is 4.28. The van der Waals surface area contributed by atoms with Crippen molar-refractivity contribution in [3.8, 4) is 0 Å². The van der Waals surface area contributed by atoms with E-state index in [4.69, 9.17) is 18.9 Å². The first kappa shape index (κ1) is 68.6. The second-order valence-corrected chi connectivity index (χ2v) is 25.5. The van der Waals surface area contributed by atoms with E-state index in [2.05, 4.69) is 184 Å². The van der Waals surface area contributed by atoms with E-state index in [-0.39, 0.29) is 61.4 Å². The van der Waals surface area contributed by atoms with E-state index in [1.165, 1.54) is 62.6 Å². The normalized spacial score (nSPS) is 13.0. The number of ether oxygens (including phenoxy) is 4. The molecule has 0 atom stereocenters. The first-order valence-corrected chi connectivity index (χ1v) is 32.3. The van der Waals surface area contributed by atoms with Gasteiger partial charge in [-0.15, -0.1) is 0 Å². The number of likely N-dealkylation sites (tertiary alicyclic amines) is 1. The van der Waals surface area contributed by atoms with E-state index >= 15 is 0 Å². The molecule has 8 aromatic heterocycles. The van der Waals surface area contributed by atoms with Crippen molar-refractivity contribution in [2.24, 2.45) is 0 Å². The molecule has 3 aliphatic heterocycles. The van der Waals surface area contributed by atoms with E-state index < -0.39 is 0 Å². The first-order valence-electron chi connectivity index (χ1n) is 32.3. The Labute approximate surface area is 547 Å². The maximum Gasteiger partial charge on any atom is 0.305 e. The predicted molar refractivity (Wildman–Crippen MR) is 366 cm³/mol. The summed E-state index contributed by atoms with van der Waals surface area (Å²) in [5, 5.41) is 7.97. The fourth-order valence-corrected chi connectivity index (χ4v) is 13.2. The third-order valence-corrected chi connectivity index (χ3v) is 18.7. The Balaban J connectivity index is 0.000000199. The number of aromatic amines is 8. The fourth-order valence-electron chi connectivity index (χ4n) is 13.2. The largest absolute Gasteiger partial charge is 0.469 e. The number of fused-ring (bicyclic) bond motifs is 16. The van der Waals surface area contributed by atoms with Crippen molar-refractivity contribution in [3.63, 3.8) is 0 Å². The average molecular weight is 1280 g/mol. The highest BCUT2D eigenvalue weighted by molar-refractivity contribution is 6.01. The molecule has 0 spiro atoms. The molecule has 8 N–H and O–H groups in total. The molecule has 1 saturated heterocycles. The van der Waals surface area contributed by atoms with Crippen LogP contribution in [0.1, 0.15) is 201 Å². The van der Waals surface area contributed by atoms with Crippen molar-refractivity contribution in [2.45, 2.75) is 159 Å². The molecule has 0 unspecified atom stereocenters. The van der Waals surface area contributed by atoms with Crippen LogP contribution in [0.25, 0.3) is 48.6 Å². The Kier molecular flexibility index (Phi) is 21.2. The Morgan fingerprint density at radius 1 is 0.383 bits per heavy atom. The van der Waals surface area contributed by atoms with Crippen molar-refractivity contribution in [2.75, 3.05) is 35.5 Å². The zero-order valence-electron chi connectivity index (χ0n) is 57.5. The number of imide groups is 1. The highest BCUT2D eigenvalue weighted by Crippen LogP contribution is 2.29. The molecule has 0 saturated carbocycles. The molecule has 94 heavy (non-hydrogen) atoms. The molecule has 1 fully saturated rings. The Morgan fingerprint density at radius 2 is 0.777 bits per heavy atom. The number of aryl methyl sites for hydroxylation is 2. The van der Waals surface area contributed by atoms with Gasteiger partial charge in [-0.2, -0.15) is 0 Å². The van der Waals surface area contributed by atoms with Gasteiger partial charge in [0.25, 0.3) is 0 Å². The zero-order chi connectivity index (χ0) is 68.1. The number of carbonyl (C=O) groups excluding carboxylic acids is 6. The maximum absolute atomic E-state index is 12.2. The summed E-state index contributed by atoms with van der Waals surface area (Å²) in [6.07, 6.45) is 21.3. The smallest absolute Gasteiger partial charge is 0.305 e. The first-order chi connectivity index (χ1) is 44.7. The van der Waals surface area contributed by atoms with E-state index in [1.54, 1.807) is 0 Å². The van der Waals surface area contributed by atoms with Crippen molar-refractivity contribution in [1.29, 1.82) is 0 Å². The minimum Gasteiger partial charge on any atom is -0.469 e. The van der Waals surface area contributed by atoms with Crippen LogP contribution >= 0.6 is 0 Å². The monoisotopic (exact) mass is 1280 g/mol. The zero-order valence-corrected chi connectivity index (χ0v) is 57.5. The lowest BCUT2D eigenvalue weighted by molar-refractivity contribution is -0.141. The van der Waals surface area contributed by atoms with Gasteiger partial charge in [0.2, 0.25) is 11.8 Å². The van der Waals surface area contributed by atoms with Gasteiger partial charge in [-0.25, -0.2) is 0 Å². The molecule has 0 radical (unpaired) electrons. The van der Waals surface area contributed by atoms with E-state index in [0.717, 1.165) is 144 Å². The van der Waals surface area contributed by atoms with Crippen LogP contribution in [0, 0.1) is 55.4 Å². The van der Waals surface area contributed by atoms with Crippen LogP contribution in [0.2, 0.25) is 0 Å². The maximum atomic E-state index is 12.2. The highest BCUT2D eigenvalue weighted by Gasteiger charge is 2.25. The van der Waals surface area contributed by atoms with Gasteiger partial charge < -0.3 is 58.8 Å². The van der Waals surface area contributed by atoms with Crippen LogP contribution < -0.4 is 42.8 Å². The fraction of sp³-hybridized carbons (Fsp3) is 0.387. The van der Waals surface area contributed by atoms with Crippen molar-refractivity contribution < 1.29 is 47.7 Å².